The summed E-state index contributed by atoms with van der Waals surface area (Å²) in [4.78, 5) is 0. The zero-order valence-corrected chi connectivity index (χ0v) is 14.7. The van der Waals surface area contributed by atoms with E-state index in [2.05, 4.69) is 62.1 Å². The van der Waals surface area contributed by atoms with Crippen LogP contribution in [0.15, 0.2) is 78.4 Å². The number of benzene rings is 1. The molecule has 1 aliphatic carbocycles. The minimum atomic E-state index is 0.539. The lowest BCUT2D eigenvalue weighted by Gasteiger charge is -2.02. The van der Waals surface area contributed by atoms with Gasteiger partial charge in [0, 0.05) is 5.71 Å². The highest BCUT2D eigenvalue weighted by Gasteiger charge is 2.03. The Morgan fingerprint density at radius 3 is 2.35 bits per heavy atom. The van der Waals surface area contributed by atoms with Crippen molar-refractivity contribution in [1.29, 1.82) is 5.41 Å². The van der Waals surface area contributed by atoms with E-state index < -0.39 is 0 Å². The van der Waals surface area contributed by atoms with E-state index >= 15 is 0 Å². The van der Waals surface area contributed by atoms with Crippen LogP contribution < -0.4 is 0 Å². The summed E-state index contributed by atoms with van der Waals surface area (Å²) in [5.74, 6) is 0. The Morgan fingerprint density at radius 2 is 1.74 bits per heavy atom. The minimum absolute atomic E-state index is 0.539. The average molecular weight is 305 g/mol. The second-order valence-corrected chi connectivity index (χ2v) is 5.33. The molecule has 1 aromatic carbocycles. The molecule has 1 heteroatoms. The highest BCUT2D eigenvalue weighted by molar-refractivity contribution is 5.90. The summed E-state index contributed by atoms with van der Waals surface area (Å²) in [5.41, 5.74) is 6.40. The summed E-state index contributed by atoms with van der Waals surface area (Å²) in [6, 6.07) is 8.57. The third-order valence-electron chi connectivity index (χ3n) is 3.43. The van der Waals surface area contributed by atoms with Gasteiger partial charge in [-0.2, -0.15) is 0 Å². The monoisotopic (exact) mass is 305 g/mol. The van der Waals surface area contributed by atoms with Crippen molar-refractivity contribution in [2.45, 2.75) is 34.1 Å². The van der Waals surface area contributed by atoms with Crippen LogP contribution in [0.1, 0.15) is 38.3 Å². The third kappa shape index (κ3) is 6.07. The molecule has 0 unspecified atom stereocenters. The van der Waals surface area contributed by atoms with E-state index in [1.807, 2.05) is 19.9 Å². The van der Waals surface area contributed by atoms with E-state index in [-0.39, 0.29) is 0 Å². The van der Waals surface area contributed by atoms with Crippen LogP contribution in [-0.2, 0) is 0 Å². The van der Waals surface area contributed by atoms with Gasteiger partial charge in [0.2, 0.25) is 0 Å². The Hall–Kier alpha value is -2.41. The molecule has 0 radical (unpaired) electrons. The van der Waals surface area contributed by atoms with Gasteiger partial charge in [-0.1, -0.05) is 80.6 Å². The Balaban J connectivity index is 0.00000127. The molecule has 0 spiro atoms. The van der Waals surface area contributed by atoms with E-state index in [0.717, 1.165) is 12.0 Å². The topological polar surface area (TPSA) is 23.9 Å². The highest BCUT2D eigenvalue weighted by Crippen LogP contribution is 2.24. The predicted molar refractivity (Wildman–Crippen MR) is 104 cm³/mol. The van der Waals surface area contributed by atoms with Gasteiger partial charge in [-0.05, 0) is 48.6 Å². The first kappa shape index (κ1) is 18.6. The van der Waals surface area contributed by atoms with Gasteiger partial charge in [-0.3, -0.25) is 0 Å². The number of rotatable bonds is 4. The van der Waals surface area contributed by atoms with Crippen molar-refractivity contribution >= 4 is 11.3 Å². The van der Waals surface area contributed by atoms with Gasteiger partial charge < -0.3 is 5.41 Å². The van der Waals surface area contributed by atoms with Gasteiger partial charge in [0.25, 0.3) is 0 Å². The van der Waals surface area contributed by atoms with Crippen molar-refractivity contribution in [1.82, 2.24) is 0 Å². The zero-order valence-electron chi connectivity index (χ0n) is 14.7. The van der Waals surface area contributed by atoms with Crippen LogP contribution in [0.5, 0.6) is 0 Å². The van der Waals surface area contributed by atoms with Crippen LogP contribution >= 0.6 is 0 Å². The minimum Gasteiger partial charge on any atom is -0.306 e. The number of hydrogen-bond donors (Lipinski definition) is 1. The first-order chi connectivity index (χ1) is 11.1. The van der Waals surface area contributed by atoms with Gasteiger partial charge in [-0.25, -0.2) is 0 Å². The maximum absolute atomic E-state index is 7.43. The van der Waals surface area contributed by atoms with E-state index in [4.69, 9.17) is 5.41 Å². The maximum atomic E-state index is 7.43. The van der Waals surface area contributed by atoms with E-state index in [1.54, 1.807) is 13.0 Å². The van der Waals surface area contributed by atoms with Gasteiger partial charge in [0.05, 0.1) is 0 Å². The quantitative estimate of drug-likeness (QED) is 0.488. The Bertz CT molecular complexity index is 664. The summed E-state index contributed by atoms with van der Waals surface area (Å²) in [5, 5.41) is 7.43. The fraction of sp³-hybridized carbons (Fsp3) is 0.227. The molecule has 1 aliphatic rings. The first-order valence-electron chi connectivity index (χ1n) is 8.13. The first-order valence-corrected chi connectivity index (χ1v) is 8.13. The summed E-state index contributed by atoms with van der Waals surface area (Å²) in [6.45, 7) is 11.9. The predicted octanol–water partition coefficient (Wildman–Crippen LogP) is 6.44. The lowest BCUT2D eigenvalue weighted by atomic mass is 10.0. The maximum Gasteiger partial charge on any atom is 0.0283 e. The summed E-state index contributed by atoms with van der Waals surface area (Å²) < 4.78 is 0. The van der Waals surface area contributed by atoms with Crippen LogP contribution in [-0.4, -0.2) is 5.71 Å². The molecule has 2 rings (SSSR count). The molecule has 0 saturated heterocycles. The van der Waals surface area contributed by atoms with Gasteiger partial charge in [0.1, 0.15) is 0 Å². The highest BCUT2D eigenvalue weighted by atomic mass is 14.4. The molecule has 1 N–H and O–H groups in total. The molecule has 0 bridgehead atoms. The van der Waals surface area contributed by atoms with Crippen LogP contribution in [0.25, 0.3) is 5.57 Å². The Labute approximate surface area is 141 Å². The average Bonchev–Trinajstić information content (AvgIpc) is 2.81. The van der Waals surface area contributed by atoms with E-state index in [9.17, 15) is 0 Å². The van der Waals surface area contributed by atoms with Gasteiger partial charge in [-0.15, -0.1) is 0 Å². The lowest BCUT2D eigenvalue weighted by Crippen LogP contribution is -1.85. The molecular weight excluding hydrogens is 278 g/mol. The smallest absolute Gasteiger partial charge is 0.0283 e. The number of allylic oxidation sites excluding steroid dienone is 9. The van der Waals surface area contributed by atoms with E-state index in [1.165, 1.54) is 22.3 Å². The molecule has 0 fully saturated rings. The number of nitrogens with one attached hydrogen (secondary N) is 1. The zero-order chi connectivity index (χ0) is 17.2. The van der Waals surface area contributed by atoms with Crippen molar-refractivity contribution in [2.24, 2.45) is 0 Å². The molecule has 0 heterocycles. The Morgan fingerprint density at radius 1 is 1.09 bits per heavy atom. The summed E-state index contributed by atoms with van der Waals surface area (Å²) in [7, 11) is 0. The van der Waals surface area contributed by atoms with Gasteiger partial charge >= 0.3 is 0 Å². The van der Waals surface area contributed by atoms with Gasteiger partial charge in [0.15, 0.2) is 0 Å². The van der Waals surface area contributed by atoms with Crippen LogP contribution in [0.4, 0.5) is 0 Å². The largest absolute Gasteiger partial charge is 0.306 e. The fourth-order valence-corrected chi connectivity index (χ4v) is 2.14. The standard InChI is InChI=1S/C20H21N.C2H6/c1-15-7-11-20(12-8-15)19-6-4-5-18(13-14-19)16(2)9-10-17(3)21;1-2/h4,6-14,21H,2,5H2,1,3H3;1-2H3/b10-9-,21-17?;. The molecule has 0 atom stereocenters. The molecule has 0 amide bonds. The number of aryl methyl sites for hydroxylation is 1. The van der Waals surface area contributed by atoms with Crippen LogP contribution in [0, 0.1) is 12.3 Å². The van der Waals surface area contributed by atoms with Crippen molar-refractivity contribution in [3.05, 3.63) is 89.6 Å². The third-order valence-corrected chi connectivity index (χ3v) is 3.43. The normalized spacial score (nSPS) is 13.6. The molecule has 120 valence electrons. The SMILES string of the molecule is C=C(/C=C\C(C)=N)C1=CC=C(c2ccc(C)cc2)C=CC1.CC. The molecule has 1 aromatic rings. The second-order valence-electron chi connectivity index (χ2n) is 5.33. The van der Waals surface area contributed by atoms with Crippen molar-refractivity contribution in [3.8, 4) is 0 Å². The molecule has 0 aliphatic heterocycles. The molecular formula is C22H27N. The van der Waals surface area contributed by atoms with Crippen LogP contribution in [0.3, 0.4) is 0 Å². The summed E-state index contributed by atoms with van der Waals surface area (Å²) >= 11 is 0. The van der Waals surface area contributed by atoms with Crippen molar-refractivity contribution in [3.63, 3.8) is 0 Å². The molecule has 0 saturated carbocycles. The lowest BCUT2D eigenvalue weighted by molar-refractivity contribution is 1.26. The van der Waals surface area contributed by atoms with E-state index in [0.29, 0.717) is 5.71 Å². The molecule has 1 nitrogen and oxygen atoms in total. The summed E-state index contributed by atoms with van der Waals surface area (Å²) in [6.07, 6.45) is 13.1. The second kappa shape index (κ2) is 9.58. The number of hydrogen-bond acceptors (Lipinski definition) is 1. The fourth-order valence-electron chi connectivity index (χ4n) is 2.14. The van der Waals surface area contributed by atoms with Crippen molar-refractivity contribution < 1.29 is 0 Å². The van der Waals surface area contributed by atoms with Crippen LogP contribution in [0.2, 0.25) is 0 Å². The van der Waals surface area contributed by atoms with Crippen molar-refractivity contribution in [2.75, 3.05) is 0 Å². The molecule has 23 heavy (non-hydrogen) atoms. The molecule has 0 aromatic heterocycles. The Kier molecular flexibility index (Phi) is 7.76.